The van der Waals surface area contributed by atoms with E-state index in [1.165, 1.54) is 12.8 Å². The smallest absolute Gasteiger partial charge is 0.234 e. The van der Waals surface area contributed by atoms with Crippen molar-refractivity contribution in [3.05, 3.63) is 0 Å². The molecule has 2 N–H and O–H groups in total. The number of nitrogens with one attached hydrogen (secondary N) is 2. The van der Waals surface area contributed by atoms with Crippen LogP contribution in [0.15, 0.2) is 0 Å². The topological polar surface area (TPSA) is 44.4 Å². The van der Waals surface area contributed by atoms with E-state index in [2.05, 4.69) is 29.4 Å². The molecular formula is C13H25N3O. The fraction of sp³-hybridized carbons (Fsp3) is 0.923. The average Bonchev–Trinajstić information content (AvgIpc) is 2.92. The Bertz CT molecular complexity index is 257. The van der Waals surface area contributed by atoms with Crippen molar-refractivity contribution in [2.75, 3.05) is 19.6 Å². The van der Waals surface area contributed by atoms with Crippen LogP contribution >= 0.6 is 0 Å². The second-order valence-electron chi connectivity index (χ2n) is 5.66. The standard InChI is InChI=1S/C13H25N3O/c1-10(2)16(8-12-4-3-7-14-12)9-13(17)15-11-5-6-11/h10-12,14H,3-9H2,1-2H3,(H,15,17). The quantitative estimate of drug-likeness (QED) is 0.718. The van der Waals surface area contributed by atoms with Crippen molar-refractivity contribution >= 4 is 5.91 Å². The van der Waals surface area contributed by atoms with Gasteiger partial charge in [0.25, 0.3) is 0 Å². The van der Waals surface area contributed by atoms with Crippen molar-refractivity contribution in [1.82, 2.24) is 15.5 Å². The molecule has 1 saturated heterocycles. The number of carbonyl (C=O) groups is 1. The molecule has 4 nitrogen and oxygen atoms in total. The summed E-state index contributed by atoms with van der Waals surface area (Å²) >= 11 is 0. The molecule has 0 aromatic rings. The summed E-state index contributed by atoms with van der Waals surface area (Å²) in [6.45, 7) is 7.01. The first-order chi connectivity index (χ1) is 8.15. The Morgan fingerprint density at radius 1 is 1.41 bits per heavy atom. The highest BCUT2D eigenvalue weighted by atomic mass is 16.2. The number of amides is 1. The Morgan fingerprint density at radius 2 is 2.18 bits per heavy atom. The molecule has 1 heterocycles. The second-order valence-corrected chi connectivity index (χ2v) is 5.66. The Morgan fingerprint density at radius 3 is 2.71 bits per heavy atom. The fourth-order valence-corrected chi connectivity index (χ4v) is 2.34. The van der Waals surface area contributed by atoms with Crippen molar-refractivity contribution in [3.8, 4) is 0 Å². The lowest BCUT2D eigenvalue weighted by Crippen LogP contribution is -2.46. The lowest BCUT2D eigenvalue weighted by atomic mass is 10.2. The van der Waals surface area contributed by atoms with Gasteiger partial charge in [-0.1, -0.05) is 0 Å². The van der Waals surface area contributed by atoms with Crippen LogP contribution in [0.4, 0.5) is 0 Å². The molecule has 1 aliphatic heterocycles. The molecule has 0 aromatic heterocycles. The van der Waals surface area contributed by atoms with Crippen LogP contribution in [0.25, 0.3) is 0 Å². The largest absolute Gasteiger partial charge is 0.352 e. The molecule has 2 fully saturated rings. The predicted molar refractivity (Wildman–Crippen MR) is 68.9 cm³/mol. The molecule has 98 valence electrons. The fourth-order valence-electron chi connectivity index (χ4n) is 2.34. The van der Waals surface area contributed by atoms with Crippen LogP contribution in [0.5, 0.6) is 0 Å². The van der Waals surface area contributed by atoms with Gasteiger partial charge in [-0.05, 0) is 46.1 Å². The Balaban J connectivity index is 1.76. The highest BCUT2D eigenvalue weighted by Gasteiger charge is 2.26. The zero-order valence-electron chi connectivity index (χ0n) is 11.0. The van der Waals surface area contributed by atoms with E-state index < -0.39 is 0 Å². The van der Waals surface area contributed by atoms with E-state index in [0.29, 0.717) is 24.7 Å². The summed E-state index contributed by atoms with van der Waals surface area (Å²) in [6, 6.07) is 1.48. The van der Waals surface area contributed by atoms with E-state index in [-0.39, 0.29) is 5.91 Å². The lowest BCUT2D eigenvalue weighted by Gasteiger charge is -2.28. The molecule has 1 saturated carbocycles. The minimum Gasteiger partial charge on any atom is -0.352 e. The molecule has 0 aromatic carbocycles. The van der Waals surface area contributed by atoms with E-state index >= 15 is 0 Å². The van der Waals surface area contributed by atoms with Crippen LogP contribution in [0.1, 0.15) is 39.5 Å². The van der Waals surface area contributed by atoms with Crippen molar-refractivity contribution < 1.29 is 4.79 Å². The Hall–Kier alpha value is -0.610. The molecular weight excluding hydrogens is 214 g/mol. The minimum absolute atomic E-state index is 0.194. The van der Waals surface area contributed by atoms with Crippen LogP contribution in [-0.4, -0.2) is 48.6 Å². The van der Waals surface area contributed by atoms with Gasteiger partial charge in [0.1, 0.15) is 0 Å². The molecule has 1 atom stereocenters. The van der Waals surface area contributed by atoms with Crippen LogP contribution < -0.4 is 10.6 Å². The first-order valence-electron chi connectivity index (χ1n) is 6.92. The van der Waals surface area contributed by atoms with Gasteiger partial charge in [-0.25, -0.2) is 0 Å². The Labute approximate surface area is 104 Å². The zero-order valence-corrected chi connectivity index (χ0v) is 11.0. The molecule has 0 radical (unpaired) electrons. The maximum Gasteiger partial charge on any atom is 0.234 e. The monoisotopic (exact) mass is 239 g/mol. The molecule has 0 spiro atoms. The van der Waals surface area contributed by atoms with E-state index in [0.717, 1.165) is 25.9 Å². The molecule has 2 aliphatic rings. The van der Waals surface area contributed by atoms with Crippen molar-refractivity contribution in [3.63, 3.8) is 0 Å². The van der Waals surface area contributed by atoms with Crippen LogP contribution in [0.3, 0.4) is 0 Å². The first-order valence-corrected chi connectivity index (χ1v) is 6.92. The summed E-state index contributed by atoms with van der Waals surface area (Å²) < 4.78 is 0. The van der Waals surface area contributed by atoms with Gasteiger partial charge >= 0.3 is 0 Å². The number of rotatable bonds is 6. The summed E-state index contributed by atoms with van der Waals surface area (Å²) in [7, 11) is 0. The maximum absolute atomic E-state index is 11.8. The van der Waals surface area contributed by atoms with Gasteiger partial charge in [0.05, 0.1) is 6.54 Å². The molecule has 4 heteroatoms. The number of hydrogen-bond donors (Lipinski definition) is 2. The van der Waals surface area contributed by atoms with Crippen LogP contribution in [0.2, 0.25) is 0 Å². The Kier molecular flexibility index (Phi) is 4.40. The third kappa shape index (κ3) is 4.28. The number of hydrogen-bond acceptors (Lipinski definition) is 3. The van der Waals surface area contributed by atoms with Crippen molar-refractivity contribution in [2.45, 2.75) is 57.7 Å². The summed E-state index contributed by atoms with van der Waals surface area (Å²) in [6.07, 6.45) is 4.84. The molecule has 1 unspecified atom stereocenters. The van der Waals surface area contributed by atoms with Gasteiger partial charge in [-0.3, -0.25) is 9.69 Å². The van der Waals surface area contributed by atoms with E-state index in [1.807, 2.05) is 0 Å². The van der Waals surface area contributed by atoms with Gasteiger partial charge in [0.2, 0.25) is 5.91 Å². The van der Waals surface area contributed by atoms with Gasteiger partial charge in [-0.2, -0.15) is 0 Å². The highest BCUT2D eigenvalue weighted by molar-refractivity contribution is 5.78. The summed E-state index contributed by atoms with van der Waals surface area (Å²) in [4.78, 5) is 14.1. The van der Waals surface area contributed by atoms with Crippen molar-refractivity contribution in [1.29, 1.82) is 0 Å². The number of carbonyl (C=O) groups excluding carboxylic acids is 1. The molecule has 0 bridgehead atoms. The zero-order chi connectivity index (χ0) is 12.3. The van der Waals surface area contributed by atoms with Gasteiger partial charge in [0.15, 0.2) is 0 Å². The first kappa shape index (κ1) is 12.8. The average molecular weight is 239 g/mol. The lowest BCUT2D eigenvalue weighted by molar-refractivity contribution is -0.122. The van der Waals surface area contributed by atoms with E-state index in [4.69, 9.17) is 0 Å². The van der Waals surface area contributed by atoms with E-state index in [9.17, 15) is 4.79 Å². The van der Waals surface area contributed by atoms with Crippen LogP contribution in [0, 0.1) is 0 Å². The van der Waals surface area contributed by atoms with Gasteiger partial charge < -0.3 is 10.6 Å². The van der Waals surface area contributed by atoms with E-state index in [1.54, 1.807) is 0 Å². The second kappa shape index (κ2) is 5.83. The summed E-state index contributed by atoms with van der Waals surface area (Å²) in [5, 5.41) is 6.56. The summed E-state index contributed by atoms with van der Waals surface area (Å²) in [5.41, 5.74) is 0. The molecule has 17 heavy (non-hydrogen) atoms. The SMILES string of the molecule is CC(C)N(CC(=O)NC1CC1)CC1CCCN1. The normalized spacial score (nSPS) is 24.6. The van der Waals surface area contributed by atoms with Crippen LogP contribution in [-0.2, 0) is 4.79 Å². The third-order valence-electron chi connectivity index (χ3n) is 3.64. The molecule has 1 aliphatic carbocycles. The minimum atomic E-state index is 0.194. The number of nitrogens with zero attached hydrogens (tertiary/aromatic N) is 1. The van der Waals surface area contributed by atoms with Crippen molar-refractivity contribution in [2.24, 2.45) is 0 Å². The predicted octanol–water partition coefficient (Wildman–Crippen LogP) is 0.727. The molecule has 2 rings (SSSR count). The maximum atomic E-state index is 11.8. The van der Waals surface area contributed by atoms with Gasteiger partial charge in [-0.15, -0.1) is 0 Å². The summed E-state index contributed by atoms with van der Waals surface area (Å²) in [5.74, 6) is 0.194. The highest BCUT2D eigenvalue weighted by Crippen LogP contribution is 2.18. The molecule has 1 amide bonds. The van der Waals surface area contributed by atoms with Gasteiger partial charge in [0, 0.05) is 24.7 Å². The third-order valence-corrected chi connectivity index (χ3v) is 3.64.